The number of carbonyl (C=O) groups is 1. The lowest BCUT2D eigenvalue weighted by atomic mass is 10.2. The van der Waals surface area contributed by atoms with E-state index in [1.807, 2.05) is 24.3 Å². The van der Waals surface area contributed by atoms with E-state index < -0.39 is 0 Å². The van der Waals surface area contributed by atoms with Crippen molar-refractivity contribution in [3.05, 3.63) is 53.3 Å². The van der Waals surface area contributed by atoms with Gasteiger partial charge in [-0.05, 0) is 56.7 Å². The zero-order valence-corrected chi connectivity index (χ0v) is 13.7. The summed E-state index contributed by atoms with van der Waals surface area (Å²) in [5.74, 6) is -0.0836. The summed E-state index contributed by atoms with van der Waals surface area (Å²) >= 11 is 0. The van der Waals surface area contributed by atoms with E-state index in [0.717, 1.165) is 12.1 Å². The Balaban J connectivity index is 1.88. The van der Waals surface area contributed by atoms with Gasteiger partial charge in [0.25, 0.3) is 5.91 Å². The zero-order chi connectivity index (χ0) is 16.7. The van der Waals surface area contributed by atoms with E-state index >= 15 is 0 Å². The molecule has 1 amide bonds. The fraction of sp³-hybridized carbons (Fsp3) is 0.389. The van der Waals surface area contributed by atoms with Crippen molar-refractivity contribution in [1.82, 2.24) is 9.88 Å². The average molecular weight is 316 g/mol. The monoisotopic (exact) mass is 316 g/mol. The van der Waals surface area contributed by atoms with Crippen molar-refractivity contribution in [3.8, 4) is 5.69 Å². The molecule has 2 N–H and O–H groups in total. The molecular formula is C18H24N2O3. The largest absolute Gasteiger partial charge is 0.394 e. The summed E-state index contributed by atoms with van der Waals surface area (Å²) in [5.41, 5.74) is 4.04. The molecule has 2 aromatic rings. The van der Waals surface area contributed by atoms with Crippen LogP contribution in [0.3, 0.4) is 0 Å². The molecule has 1 aromatic carbocycles. The lowest BCUT2D eigenvalue weighted by Gasteiger charge is -2.10. The number of benzene rings is 1. The molecule has 0 atom stereocenters. The van der Waals surface area contributed by atoms with Gasteiger partial charge in [-0.2, -0.15) is 0 Å². The second kappa shape index (κ2) is 8.50. The molecule has 0 unspecified atom stereocenters. The Morgan fingerprint density at radius 1 is 1.09 bits per heavy atom. The average Bonchev–Trinajstić information content (AvgIpc) is 2.89. The van der Waals surface area contributed by atoms with E-state index in [9.17, 15) is 4.79 Å². The number of hydrogen-bond donors (Lipinski definition) is 2. The summed E-state index contributed by atoms with van der Waals surface area (Å²) in [5, 5.41) is 11.5. The van der Waals surface area contributed by atoms with Crippen LogP contribution in [0.2, 0.25) is 0 Å². The summed E-state index contributed by atoms with van der Waals surface area (Å²) in [6, 6.07) is 11.7. The summed E-state index contributed by atoms with van der Waals surface area (Å²) in [4.78, 5) is 12.1. The van der Waals surface area contributed by atoms with Gasteiger partial charge < -0.3 is 19.7 Å². The number of hydrogen-bond acceptors (Lipinski definition) is 3. The fourth-order valence-electron chi connectivity index (χ4n) is 2.48. The maximum absolute atomic E-state index is 12.1. The number of aryl methyl sites for hydroxylation is 2. The molecule has 0 aliphatic rings. The lowest BCUT2D eigenvalue weighted by Crippen LogP contribution is -2.25. The predicted octanol–water partition coefficient (Wildman–Crippen LogP) is 2.22. The normalized spacial score (nSPS) is 10.7. The summed E-state index contributed by atoms with van der Waals surface area (Å²) in [6.45, 7) is 5.58. The lowest BCUT2D eigenvalue weighted by molar-refractivity contribution is 0.0867. The van der Waals surface area contributed by atoms with Crippen LogP contribution < -0.4 is 5.32 Å². The number of ether oxygens (including phenoxy) is 1. The quantitative estimate of drug-likeness (QED) is 0.734. The molecule has 5 heteroatoms. The van der Waals surface area contributed by atoms with Crippen molar-refractivity contribution in [3.63, 3.8) is 0 Å². The maximum Gasteiger partial charge on any atom is 0.251 e. The number of aromatic nitrogens is 1. The molecule has 0 fully saturated rings. The van der Waals surface area contributed by atoms with Crippen LogP contribution in [-0.4, -0.2) is 41.9 Å². The van der Waals surface area contributed by atoms with Gasteiger partial charge in [0.15, 0.2) is 0 Å². The summed E-state index contributed by atoms with van der Waals surface area (Å²) in [7, 11) is 0. The summed E-state index contributed by atoms with van der Waals surface area (Å²) in [6.07, 6.45) is 0.728. The minimum absolute atomic E-state index is 0.0268. The van der Waals surface area contributed by atoms with E-state index in [4.69, 9.17) is 9.84 Å². The molecule has 124 valence electrons. The van der Waals surface area contributed by atoms with E-state index in [1.165, 1.54) is 11.4 Å². The van der Waals surface area contributed by atoms with Crippen molar-refractivity contribution in [2.45, 2.75) is 20.3 Å². The van der Waals surface area contributed by atoms with Gasteiger partial charge in [0.1, 0.15) is 0 Å². The third-order valence-electron chi connectivity index (χ3n) is 3.65. The first-order valence-electron chi connectivity index (χ1n) is 7.85. The highest BCUT2D eigenvalue weighted by atomic mass is 16.5. The van der Waals surface area contributed by atoms with Crippen LogP contribution in [0.4, 0.5) is 0 Å². The van der Waals surface area contributed by atoms with Crippen LogP contribution in [-0.2, 0) is 4.74 Å². The van der Waals surface area contributed by atoms with Crippen molar-refractivity contribution in [2.75, 3.05) is 26.4 Å². The third kappa shape index (κ3) is 4.68. The zero-order valence-electron chi connectivity index (χ0n) is 13.7. The molecule has 0 aliphatic carbocycles. The number of amides is 1. The predicted molar refractivity (Wildman–Crippen MR) is 90.1 cm³/mol. The van der Waals surface area contributed by atoms with Crippen molar-refractivity contribution >= 4 is 5.91 Å². The first kappa shape index (κ1) is 17.2. The van der Waals surface area contributed by atoms with Gasteiger partial charge >= 0.3 is 0 Å². The van der Waals surface area contributed by atoms with Crippen LogP contribution in [0.1, 0.15) is 28.2 Å². The molecule has 0 spiro atoms. The van der Waals surface area contributed by atoms with E-state index in [1.54, 1.807) is 0 Å². The summed E-state index contributed by atoms with van der Waals surface area (Å²) < 4.78 is 7.30. The van der Waals surface area contributed by atoms with Crippen molar-refractivity contribution < 1.29 is 14.6 Å². The third-order valence-corrected chi connectivity index (χ3v) is 3.65. The Morgan fingerprint density at radius 2 is 1.74 bits per heavy atom. The fourth-order valence-corrected chi connectivity index (χ4v) is 2.48. The van der Waals surface area contributed by atoms with Gasteiger partial charge in [-0.3, -0.25) is 4.79 Å². The minimum atomic E-state index is -0.0836. The highest BCUT2D eigenvalue weighted by molar-refractivity contribution is 5.94. The van der Waals surface area contributed by atoms with Gasteiger partial charge in [0, 0.05) is 35.8 Å². The Labute approximate surface area is 136 Å². The van der Waals surface area contributed by atoms with Gasteiger partial charge in [0.05, 0.1) is 13.2 Å². The van der Waals surface area contributed by atoms with E-state index in [-0.39, 0.29) is 12.5 Å². The molecular weight excluding hydrogens is 292 g/mol. The number of rotatable bonds is 8. The number of nitrogens with zero attached hydrogens (tertiary/aromatic N) is 1. The Hall–Kier alpha value is -2.11. The number of aliphatic hydroxyl groups excluding tert-OH is 1. The first-order chi connectivity index (χ1) is 11.1. The Kier molecular flexibility index (Phi) is 6.38. The minimum Gasteiger partial charge on any atom is -0.394 e. The Bertz CT molecular complexity index is 613. The molecule has 2 rings (SSSR count). The van der Waals surface area contributed by atoms with Crippen molar-refractivity contribution in [1.29, 1.82) is 0 Å². The van der Waals surface area contributed by atoms with Gasteiger partial charge in [-0.25, -0.2) is 0 Å². The second-order valence-electron chi connectivity index (χ2n) is 5.44. The van der Waals surface area contributed by atoms with Crippen molar-refractivity contribution in [2.24, 2.45) is 0 Å². The maximum atomic E-state index is 12.1. The molecule has 23 heavy (non-hydrogen) atoms. The van der Waals surface area contributed by atoms with Gasteiger partial charge in [-0.15, -0.1) is 0 Å². The molecule has 5 nitrogen and oxygen atoms in total. The van der Waals surface area contributed by atoms with Crippen LogP contribution in [0, 0.1) is 13.8 Å². The van der Waals surface area contributed by atoms with Crippen LogP contribution in [0.25, 0.3) is 5.69 Å². The number of nitrogens with one attached hydrogen (secondary N) is 1. The van der Waals surface area contributed by atoms with Gasteiger partial charge in [0.2, 0.25) is 0 Å². The molecule has 0 radical (unpaired) electrons. The number of carbonyl (C=O) groups excluding carboxylic acids is 1. The molecule has 0 saturated carbocycles. The van der Waals surface area contributed by atoms with Gasteiger partial charge in [-0.1, -0.05) is 0 Å². The molecule has 0 aliphatic heterocycles. The van der Waals surface area contributed by atoms with E-state index in [2.05, 4.69) is 35.9 Å². The molecule has 0 bridgehead atoms. The molecule has 1 heterocycles. The van der Waals surface area contributed by atoms with Crippen LogP contribution in [0.15, 0.2) is 36.4 Å². The molecule has 0 saturated heterocycles. The SMILES string of the molecule is Cc1ccc(C)n1-c1ccc(C(=O)NCCCOCCO)cc1. The highest BCUT2D eigenvalue weighted by Gasteiger charge is 2.07. The standard InChI is InChI=1S/C18H24N2O3/c1-14-4-5-15(2)20(14)17-8-6-16(7-9-17)18(22)19-10-3-12-23-13-11-21/h4-9,21H,3,10-13H2,1-2H3,(H,19,22). The van der Waals surface area contributed by atoms with E-state index in [0.29, 0.717) is 25.3 Å². The molecule has 1 aromatic heterocycles. The Morgan fingerprint density at radius 3 is 2.35 bits per heavy atom. The smallest absolute Gasteiger partial charge is 0.251 e. The number of aliphatic hydroxyl groups is 1. The first-order valence-corrected chi connectivity index (χ1v) is 7.85. The van der Waals surface area contributed by atoms with Crippen LogP contribution in [0.5, 0.6) is 0 Å². The highest BCUT2D eigenvalue weighted by Crippen LogP contribution is 2.16. The topological polar surface area (TPSA) is 63.5 Å². The van der Waals surface area contributed by atoms with Crippen LogP contribution >= 0.6 is 0 Å². The second-order valence-corrected chi connectivity index (χ2v) is 5.44.